The number of hydrogen-bond donors (Lipinski definition) is 4. The average Bonchev–Trinajstić information content (AvgIpc) is 2.14. The molecule has 7 nitrogen and oxygen atoms in total. The molecule has 0 saturated heterocycles. The number of carbonyl (C=O) groups is 3. The Morgan fingerprint density at radius 3 is 2.28 bits per heavy atom. The lowest BCUT2D eigenvalue weighted by Crippen LogP contribution is -2.51. The van der Waals surface area contributed by atoms with Gasteiger partial charge in [0.1, 0.15) is 0 Å². The van der Waals surface area contributed by atoms with Crippen LogP contribution in [0.4, 0.5) is 4.79 Å². The van der Waals surface area contributed by atoms with E-state index in [1.807, 2.05) is 0 Å². The van der Waals surface area contributed by atoms with Gasteiger partial charge in [-0.05, 0) is 20.3 Å². The summed E-state index contributed by atoms with van der Waals surface area (Å²) in [6.45, 7) is 5.09. The van der Waals surface area contributed by atoms with Gasteiger partial charge in [-0.3, -0.25) is 9.59 Å². The summed E-state index contributed by atoms with van der Waals surface area (Å²) in [6.07, 6.45) is 0.441. The summed E-state index contributed by atoms with van der Waals surface area (Å²) in [5.74, 6) is -2.08. The molecule has 0 bridgehead atoms. The van der Waals surface area contributed by atoms with Gasteiger partial charge in [-0.25, -0.2) is 4.79 Å². The summed E-state index contributed by atoms with van der Waals surface area (Å²) < 4.78 is 0. The zero-order chi connectivity index (χ0) is 14.3. The molecule has 0 heterocycles. The van der Waals surface area contributed by atoms with Crippen LogP contribution in [0.15, 0.2) is 0 Å². The van der Waals surface area contributed by atoms with Crippen LogP contribution >= 0.6 is 0 Å². The molecule has 3 amide bonds. The molecule has 0 fully saturated rings. The van der Waals surface area contributed by atoms with Crippen LogP contribution in [0, 0.1) is 5.92 Å². The van der Waals surface area contributed by atoms with Crippen molar-refractivity contribution in [2.45, 2.75) is 39.2 Å². The fraction of sp³-hybridized carbons (Fsp3) is 0.727. The number of rotatable bonds is 7. The third-order valence-corrected chi connectivity index (χ3v) is 2.42. The molecule has 0 aliphatic rings. The highest BCUT2D eigenvalue weighted by atomic mass is 16.4. The Morgan fingerprint density at radius 2 is 1.89 bits per heavy atom. The first-order valence-electron chi connectivity index (χ1n) is 5.75. The topological polar surface area (TPSA) is 122 Å². The minimum absolute atomic E-state index is 0.0105. The lowest BCUT2D eigenvalue weighted by Gasteiger charge is -2.25. The molecule has 0 aromatic rings. The van der Waals surface area contributed by atoms with Crippen molar-refractivity contribution in [3.8, 4) is 0 Å². The largest absolute Gasteiger partial charge is 0.481 e. The Balaban J connectivity index is 4.19. The molecule has 104 valence electrons. The SMILES string of the molecule is CCC(CNC(=O)NC(C)(C)CC(N)=O)C(=O)O. The molecule has 1 unspecified atom stereocenters. The van der Waals surface area contributed by atoms with E-state index in [1.54, 1.807) is 20.8 Å². The first-order chi connectivity index (χ1) is 8.18. The first-order valence-corrected chi connectivity index (χ1v) is 5.75. The molecule has 0 saturated carbocycles. The van der Waals surface area contributed by atoms with E-state index >= 15 is 0 Å². The van der Waals surface area contributed by atoms with Crippen LogP contribution < -0.4 is 16.4 Å². The van der Waals surface area contributed by atoms with Gasteiger partial charge in [-0.15, -0.1) is 0 Å². The minimum Gasteiger partial charge on any atom is -0.481 e. The van der Waals surface area contributed by atoms with Crippen LogP contribution in [-0.2, 0) is 9.59 Å². The second-order valence-corrected chi connectivity index (χ2v) is 4.81. The maximum absolute atomic E-state index is 11.5. The van der Waals surface area contributed by atoms with Crippen molar-refractivity contribution in [2.24, 2.45) is 11.7 Å². The molecule has 0 aliphatic heterocycles. The van der Waals surface area contributed by atoms with Gasteiger partial charge in [-0.2, -0.15) is 0 Å². The molecule has 0 aliphatic carbocycles. The van der Waals surface area contributed by atoms with Gasteiger partial charge in [0.05, 0.1) is 5.92 Å². The van der Waals surface area contributed by atoms with Crippen molar-refractivity contribution in [1.29, 1.82) is 0 Å². The van der Waals surface area contributed by atoms with E-state index in [4.69, 9.17) is 10.8 Å². The van der Waals surface area contributed by atoms with Crippen molar-refractivity contribution >= 4 is 17.9 Å². The number of primary amides is 1. The van der Waals surface area contributed by atoms with Crippen molar-refractivity contribution < 1.29 is 19.5 Å². The predicted molar refractivity (Wildman–Crippen MR) is 65.8 cm³/mol. The molecule has 0 spiro atoms. The van der Waals surface area contributed by atoms with Crippen LogP contribution in [0.25, 0.3) is 0 Å². The normalized spacial score (nSPS) is 12.6. The van der Waals surface area contributed by atoms with Gasteiger partial charge < -0.3 is 21.5 Å². The number of hydrogen-bond acceptors (Lipinski definition) is 3. The fourth-order valence-corrected chi connectivity index (χ4v) is 1.45. The Morgan fingerprint density at radius 1 is 1.33 bits per heavy atom. The third kappa shape index (κ3) is 6.72. The quantitative estimate of drug-likeness (QED) is 0.516. The van der Waals surface area contributed by atoms with E-state index in [0.717, 1.165) is 0 Å². The highest BCUT2D eigenvalue weighted by molar-refractivity contribution is 5.79. The van der Waals surface area contributed by atoms with Crippen LogP contribution in [-0.4, -0.2) is 35.1 Å². The third-order valence-electron chi connectivity index (χ3n) is 2.42. The minimum atomic E-state index is -0.950. The summed E-state index contributed by atoms with van der Waals surface area (Å²) in [5.41, 5.74) is 4.29. The highest BCUT2D eigenvalue weighted by Gasteiger charge is 2.23. The Labute approximate surface area is 106 Å². The summed E-state index contributed by atoms with van der Waals surface area (Å²) in [6, 6.07) is -0.513. The van der Waals surface area contributed by atoms with Crippen LogP contribution in [0.2, 0.25) is 0 Å². The van der Waals surface area contributed by atoms with Crippen LogP contribution in [0.1, 0.15) is 33.6 Å². The van der Waals surface area contributed by atoms with Crippen molar-refractivity contribution in [2.75, 3.05) is 6.54 Å². The predicted octanol–water partition coefficient (Wildman–Crippen LogP) is 0.0504. The zero-order valence-electron chi connectivity index (χ0n) is 10.9. The van der Waals surface area contributed by atoms with Gasteiger partial charge in [0.25, 0.3) is 0 Å². The van der Waals surface area contributed by atoms with Gasteiger partial charge in [0, 0.05) is 18.5 Å². The number of aliphatic carboxylic acids is 1. The molecular formula is C11H21N3O4. The standard InChI is InChI=1S/C11H21N3O4/c1-4-7(9(16)17)6-13-10(18)14-11(2,3)5-8(12)15/h7H,4-6H2,1-3H3,(H2,12,15)(H,16,17)(H2,13,14,18). The second-order valence-electron chi connectivity index (χ2n) is 4.81. The van der Waals surface area contributed by atoms with Crippen molar-refractivity contribution in [1.82, 2.24) is 10.6 Å². The molecule has 0 aromatic carbocycles. The number of urea groups is 1. The van der Waals surface area contributed by atoms with Crippen LogP contribution in [0.5, 0.6) is 0 Å². The lowest BCUT2D eigenvalue weighted by atomic mass is 10.0. The van der Waals surface area contributed by atoms with E-state index in [1.165, 1.54) is 0 Å². The van der Waals surface area contributed by atoms with Gasteiger partial charge >= 0.3 is 12.0 Å². The van der Waals surface area contributed by atoms with E-state index in [9.17, 15) is 14.4 Å². The number of nitrogens with two attached hydrogens (primary N) is 1. The van der Waals surface area contributed by atoms with Crippen molar-refractivity contribution in [3.05, 3.63) is 0 Å². The average molecular weight is 259 g/mol. The summed E-state index contributed by atoms with van der Waals surface area (Å²) in [5, 5.41) is 13.8. The zero-order valence-corrected chi connectivity index (χ0v) is 10.9. The maximum Gasteiger partial charge on any atom is 0.315 e. The Kier molecular flexibility index (Phi) is 6.15. The molecule has 0 rings (SSSR count). The molecule has 0 aromatic heterocycles. The maximum atomic E-state index is 11.5. The molecular weight excluding hydrogens is 238 g/mol. The molecule has 7 heteroatoms. The van der Waals surface area contributed by atoms with Crippen LogP contribution in [0.3, 0.4) is 0 Å². The lowest BCUT2D eigenvalue weighted by molar-refractivity contribution is -0.141. The highest BCUT2D eigenvalue weighted by Crippen LogP contribution is 2.07. The Bertz CT molecular complexity index is 328. The number of carboxylic acid groups (broad SMARTS) is 1. The van der Waals surface area contributed by atoms with E-state index in [0.29, 0.717) is 6.42 Å². The summed E-state index contributed by atoms with van der Waals surface area (Å²) in [4.78, 5) is 33.0. The number of nitrogens with one attached hydrogen (secondary N) is 2. The molecule has 0 radical (unpaired) electrons. The summed E-state index contributed by atoms with van der Waals surface area (Å²) in [7, 11) is 0. The van der Waals surface area contributed by atoms with E-state index in [-0.39, 0.29) is 13.0 Å². The number of carbonyl (C=O) groups excluding carboxylic acids is 2. The van der Waals surface area contributed by atoms with Crippen molar-refractivity contribution in [3.63, 3.8) is 0 Å². The fourth-order valence-electron chi connectivity index (χ4n) is 1.45. The van der Waals surface area contributed by atoms with Gasteiger partial charge in [0.2, 0.25) is 5.91 Å². The first kappa shape index (κ1) is 16.2. The smallest absolute Gasteiger partial charge is 0.315 e. The number of amides is 3. The monoisotopic (exact) mass is 259 g/mol. The Hall–Kier alpha value is -1.79. The van der Waals surface area contributed by atoms with Gasteiger partial charge in [-0.1, -0.05) is 6.92 Å². The number of carboxylic acids is 1. The molecule has 1 atom stereocenters. The second kappa shape index (κ2) is 6.83. The van der Waals surface area contributed by atoms with E-state index in [2.05, 4.69) is 10.6 Å². The van der Waals surface area contributed by atoms with Gasteiger partial charge in [0.15, 0.2) is 0 Å². The summed E-state index contributed by atoms with van der Waals surface area (Å²) >= 11 is 0. The molecule has 5 N–H and O–H groups in total. The molecule has 18 heavy (non-hydrogen) atoms. The van der Waals surface area contributed by atoms with E-state index < -0.39 is 29.4 Å².